The molecule has 6 heteroatoms. The summed E-state index contributed by atoms with van der Waals surface area (Å²) in [6, 6.07) is 0. The van der Waals surface area contributed by atoms with Crippen molar-refractivity contribution in [2.24, 2.45) is 0 Å². The van der Waals surface area contributed by atoms with Crippen LogP contribution in [0.1, 0.15) is 26.7 Å². The first-order valence-corrected chi connectivity index (χ1v) is 6.49. The van der Waals surface area contributed by atoms with Crippen molar-refractivity contribution >= 4 is 10.5 Å². The van der Waals surface area contributed by atoms with Crippen LogP contribution in [0, 0.1) is 0 Å². The van der Waals surface area contributed by atoms with Gasteiger partial charge in [0.2, 0.25) is 0 Å². The minimum Gasteiger partial charge on any atom is -0.379 e. The Labute approximate surface area is 106 Å². The van der Waals surface area contributed by atoms with Crippen LogP contribution in [-0.4, -0.2) is 55.6 Å². The Morgan fingerprint density at radius 3 is 2.41 bits per heavy atom. The zero-order valence-electron chi connectivity index (χ0n) is 10.6. The second-order valence-corrected chi connectivity index (χ2v) is 3.99. The molecule has 0 aromatic heterocycles. The minimum atomic E-state index is -1.00. The van der Waals surface area contributed by atoms with Crippen LogP contribution in [0.2, 0.25) is 0 Å². The molecule has 0 aromatic carbocycles. The third-order valence-corrected chi connectivity index (χ3v) is 2.67. The SMILES string of the molecule is CCOC(CCCOCC1CO1)(O[Si])OCC. The van der Waals surface area contributed by atoms with Gasteiger partial charge in [0.15, 0.2) is 0 Å². The summed E-state index contributed by atoms with van der Waals surface area (Å²) in [6.07, 6.45) is 1.73. The van der Waals surface area contributed by atoms with Crippen LogP contribution in [-0.2, 0) is 23.4 Å². The molecule has 3 radical (unpaired) electrons. The van der Waals surface area contributed by atoms with E-state index < -0.39 is 5.97 Å². The molecular formula is C11H21O5Si. The van der Waals surface area contributed by atoms with Gasteiger partial charge in [-0.2, -0.15) is 0 Å². The van der Waals surface area contributed by atoms with Crippen LogP contribution < -0.4 is 0 Å². The summed E-state index contributed by atoms with van der Waals surface area (Å²) >= 11 is 0. The maximum atomic E-state index is 5.49. The van der Waals surface area contributed by atoms with E-state index in [0.29, 0.717) is 39.0 Å². The van der Waals surface area contributed by atoms with Gasteiger partial charge in [-0.15, -0.1) is 0 Å². The fourth-order valence-corrected chi connectivity index (χ4v) is 1.73. The van der Waals surface area contributed by atoms with Crippen LogP contribution in [0.3, 0.4) is 0 Å². The van der Waals surface area contributed by atoms with Crippen LogP contribution in [0.25, 0.3) is 0 Å². The van der Waals surface area contributed by atoms with Crippen molar-refractivity contribution in [1.82, 2.24) is 0 Å². The molecule has 0 spiro atoms. The number of hydrogen-bond acceptors (Lipinski definition) is 5. The first kappa shape index (κ1) is 15.1. The Balaban J connectivity index is 2.16. The predicted molar refractivity (Wildman–Crippen MR) is 62.6 cm³/mol. The highest BCUT2D eigenvalue weighted by Crippen LogP contribution is 2.21. The topological polar surface area (TPSA) is 49.5 Å². The summed E-state index contributed by atoms with van der Waals surface area (Å²) in [7, 11) is 3.02. The molecule has 1 rings (SSSR count). The van der Waals surface area contributed by atoms with E-state index in [9.17, 15) is 0 Å². The molecule has 0 bridgehead atoms. The highest BCUT2D eigenvalue weighted by Gasteiger charge is 2.30. The normalized spacial score (nSPS) is 19.6. The van der Waals surface area contributed by atoms with Crippen LogP contribution in [0.15, 0.2) is 0 Å². The standard InChI is InChI=1S/C11H21O5Si/c1-3-14-11(16-17,15-4-2)6-5-7-12-8-10-9-13-10/h10H,3-9H2,1-2H3. The predicted octanol–water partition coefficient (Wildman–Crippen LogP) is 1.01. The molecular weight excluding hydrogens is 240 g/mol. The van der Waals surface area contributed by atoms with Crippen molar-refractivity contribution in [3.8, 4) is 0 Å². The molecule has 99 valence electrons. The summed E-state index contributed by atoms with van der Waals surface area (Å²) in [4.78, 5) is 0. The highest BCUT2D eigenvalue weighted by atomic mass is 28.2. The van der Waals surface area contributed by atoms with Crippen molar-refractivity contribution in [2.75, 3.05) is 33.0 Å². The Morgan fingerprint density at radius 1 is 1.29 bits per heavy atom. The Bertz CT molecular complexity index is 192. The summed E-state index contributed by atoms with van der Waals surface area (Å²) in [5.74, 6) is -1.00. The van der Waals surface area contributed by atoms with E-state index >= 15 is 0 Å². The summed E-state index contributed by atoms with van der Waals surface area (Å²) in [6.45, 7) is 7.01. The van der Waals surface area contributed by atoms with Crippen molar-refractivity contribution in [3.05, 3.63) is 0 Å². The smallest absolute Gasteiger partial charge is 0.272 e. The second-order valence-electron chi connectivity index (χ2n) is 3.78. The van der Waals surface area contributed by atoms with Gasteiger partial charge >= 0.3 is 0 Å². The Morgan fingerprint density at radius 2 is 1.94 bits per heavy atom. The van der Waals surface area contributed by atoms with Gasteiger partial charge in [0.1, 0.15) is 6.10 Å². The van der Waals surface area contributed by atoms with E-state index in [2.05, 4.69) is 10.5 Å². The van der Waals surface area contributed by atoms with Crippen LogP contribution >= 0.6 is 0 Å². The van der Waals surface area contributed by atoms with Gasteiger partial charge in [-0.25, -0.2) is 0 Å². The largest absolute Gasteiger partial charge is 0.379 e. The van der Waals surface area contributed by atoms with E-state index in [1.807, 2.05) is 13.8 Å². The molecule has 1 unspecified atom stereocenters. The summed E-state index contributed by atoms with van der Waals surface area (Å²) < 4.78 is 26.6. The molecule has 0 aromatic rings. The molecule has 1 aliphatic rings. The van der Waals surface area contributed by atoms with Gasteiger partial charge in [0, 0.05) is 26.2 Å². The lowest BCUT2D eigenvalue weighted by Crippen LogP contribution is -2.39. The molecule has 0 amide bonds. The van der Waals surface area contributed by atoms with Crippen molar-refractivity contribution in [2.45, 2.75) is 38.8 Å². The molecule has 0 aliphatic carbocycles. The number of rotatable bonds is 11. The molecule has 0 saturated carbocycles. The average Bonchev–Trinajstić information content (AvgIpc) is 3.13. The van der Waals surface area contributed by atoms with E-state index in [0.717, 1.165) is 13.0 Å². The Hall–Kier alpha value is 0.0169. The van der Waals surface area contributed by atoms with Gasteiger partial charge in [-0.1, -0.05) is 0 Å². The van der Waals surface area contributed by atoms with Gasteiger partial charge in [0.05, 0.1) is 13.2 Å². The van der Waals surface area contributed by atoms with E-state index in [-0.39, 0.29) is 0 Å². The maximum Gasteiger partial charge on any atom is 0.272 e. The van der Waals surface area contributed by atoms with Gasteiger partial charge in [-0.05, 0) is 20.3 Å². The summed E-state index contributed by atoms with van der Waals surface area (Å²) in [5, 5.41) is 0. The molecule has 1 atom stereocenters. The number of epoxide rings is 1. The zero-order valence-corrected chi connectivity index (χ0v) is 11.6. The van der Waals surface area contributed by atoms with Crippen molar-refractivity contribution in [3.63, 3.8) is 0 Å². The van der Waals surface area contributed by atoms with E-state index in [1.165, 1.54) is 0 Å². The van der Waals surface area contributed by atoms with Gasteiger partial charge in [0.25, 0.3) is 16.5 Å². The molecule has 5 nitrogen and oxygen atoms in total. The number of hydrogen-bond donors (Lipinski definition) is 0. The van der Waals surface area contributed by atoms with Gasteiger partial charge in [-0.3, -0.25) is 0 Å². The molecule has 1 fully saturated rings. The van der Waals surface area contributed by atoms with E-state index in [4.69, 9.17) is 23.4 Å². The average molecular weight is 261 g/mol. The zero-order chi connectivity index (χ0) is 12.6. The molecule has 1 saturated heterocycles. The quantitative estimate of drug-likeness (QED) is 0.240. The third-order valence-electron chi connectivity index (χ3n) is 2.36. The lowest BCUT2D eigenvalue weighted by Gasteiger charge is -2.31. The molecule has 17 heavy (non-hydrogen) atoms. The minimum absolute atomic E-state index is 0.311. The first-order chi connectivity index (χ1) is 8.26. The monoisotopic (exact) mass is 261 g/mol. The summed E-state index contributed by atoms with van der Waals surface area (Å²) in [5.41, 5.74) is 0. The van der Waals surface area contributed by atoms with Crippen LogP contribution in [0.4, 0.5) is 0 Å². The van der Waals surface area contributed by atoms with E-state index in [1.54, 1.807) is 0 Å². The maximum absolute atomic E-state index is 5.49. The first-order valence-electron chi connectivity index (χ1n) is 6.08. The lowest BCUT2D eigenvalue weighted by atomic mass is 10.3. The van der Waals surface area contributed by atoms with Crippen molar-refractivity contribution in [1.29, 1.82) is 0 Å². The van der Waals surface area contributed by atoms with Gasteiger partial charge < -0.3 is 23.4 Å². The lowest BCUT2D eigenvalue weighted by molar-refractivity contribution is -0.344. The van der Waals surface area contributed by atoms with Crippen molar-refractivity contribution < 1.29 is 23.4 Å². The number of ether oxygens (including phenoxy) is 4. The fourth-order valence-electron chi connectivity index (χ4n) is 1.51. The molecule has 1 heterocycles. The second kappa shape index (κ2) is 8.18. The molecule has 0 N–H and O–H groups in total. The third kappa shape index (κ3) is 5.94. The fraction of sp³-hybridized carbons (Fsp3) is 1.00. The van der Waals surface area contributed by atoms with Crippen LogP contribution in [0.5, 0.6) is 0 Å². The molecule has 1 aliphatic heterocycles. The highest BCUT2D eigenvalue weighted by molar-refractivity contribution is 5.98. The Kier molecular flexibility index (Phi) is 7.25.